The Morgan fingerprint density at radius 1 is 1.24 bits per heavy atom. The van der Waals surface area contributed by atoms with Gasteiger partial charge in [-0.05, 0) is 31.0 Å². The predicted molar refractivity (Wildman–Crippen MR) is 91.7 cm³/mol. The van der Waals surface area contributed by atoms with Crippen molar-refractivity contribution in [3.05, 3.63) is 29.8 Å². The van der Waals surface area contributed by atoms with Gasteiger partial charge in [-0.3, -0.25) is 4.79 Å². The fraction of sp³-hybridized carbons (Fsp3) is 0.611. The summed E-state index contributed by atoms with van der Waals surface area (Å²) in [6, 6.07) is 5.57. The molecular weight excluding hydrogens is 331 g/mol. The van der Waals surface area contributed by atoms with Gasteiger partial charge in [0.15, 0.2) is 6.54 Å². The van der Waals surface area contributed by atoms with Crippen molar-refractivity contribution in [3.8, 4) is 0 Å². The number of quaternary nitrogens is 1. The van der Waals surface area contributed by atoms with Gasteiger partial charge < -0.3 is 15.1 Å². The molecule has 1 amide bonds. The number of amides is 1. The van der Waals surface area contributed by atoms with Crippen LogP contribution in [0.15, 0.2) is 24.3 Å². The summed E-state index contributed by atoms with van der Waals surface area (Å²) >= 11 is 0. The molecule has 1 aromatic rings. The van der Waals surface area contributed by atoms with Gasteiger partial charge in [-0.15, -0.1) is 0 Å². The second kappa shape index (κ2) is 8.08. The van der Waals surface area contributed by atoms with Crippen LogP contribution < -0.4 is 15.1 Å². The Balaban J connectivity index is 1.87. The Labute approximate surface area is 147 Å². The average Bonchev–Trinajstić information content (AvgIpc) is 2.54. The molecule has 1 saturated heterocycles. The molecule has 0 aromatic heterocycles. The minimum atomic E-state index is -4.33. The van der Waals surface area contributed by atoms with Crippen LogP contribution in [0.2, 0.25) is 0 Å². The maximum atomic E-state index is 12.8. The predicted octanol–water partition coefficient (Wildman–Crippen LogP) is 1.57. The van der Waals surface area contributed by atoms with Gasteiger partial charge >= 0.3 is 6.18 Å². The van der Waals surface area contributed by atoms with Crippen molar-refractivity contribution in [1.29, 1.82) is 0 Å². The van der Waals surface area contributed by atoms with E-state index in [0.717, 1.165) is 24.1 Å². The van der Waals surface area contributed by atoms with Crippen LogP contribution in [0.4, 0.5) is 18.9 Å². The van der Waals surface area contributed by atoms with Crippen LogP contribution in [-0.4, -0.2) is 44.7 Å². The van der Waals surface area contributed by atoms with Crippen molar-refractivity contribution in [1.82, 2.24) is 5.32 Å². The fourth-order valence-electron chi connectivity index (χ4n) is 2.84. The molecule has 0 unspecified atom stereocenters. The summed E-state index contributed by atoms with van der Waals surface area (Å²) in [7, 11) is 0. The van der Waals surface area contributed by atoms with Crippen LogP contribution >= 0.6 is 0 Å². The highest BCUT2D eigenvalue weighted by atomic mass is 19.4. The summed E-state index contributed by atoms with van der Waals surface area (Å²) in [4.78, 5) is 15.2. The summed E-state index contributed by atoms with van der Waals surface area (Å²) in [5, 5.41) is 3.00. The zero-order valence-corrected chi connectivity index (χ0v) is 15.0. The van der Waals surface area contributed by atoms with Crippen LogP contribution in [0.25, 0.3) is 0 Å². The van der Waals surface area contributed by atoms with Gasteiger partial charge in [-0.25, -0.2) is 0 Å². The normalized spacial score (nSPS) is 17.6. The molecule has 7 heteroatoms. The van der Waals surface area contributed by atoms with Crippen molar-refractivity contribution in [3.63, 3.8) is 0 Å². The largest absolute Gasteiger partial charge is 0.416 e. The Morgan fingerprint density at radius 2 is 1.88 bits per heavy atom. The number of benzene rings is 1. The van der Waals surface area contributed by atoms with Crippen LogP contribution in [0.1, 0.15) is 26.3 Å². The molecule has 25 heavy (non-hydrogen) atoms. The Bertz CT molecular complexity index is 581. The van der Waals surface area contributed by atoms with Crippen molar-refractivity contribution in [2.75, 3.05) is 37.6 Å². The molecule has 1 aromatic carbocycles. The number of carbonyl (C=O) groups excluding carboxylic acids is 1. The first-order valence-corrected chi connectivity index (χ1v) is 8.72. The number of hydrogen-bond donors (Lipinski definition) is 2. The van der Waals surface area contributed by atoms with Crippen molar-refractivity contribution < 1.29 is 22.9 Å². The quantitative estimate of drug-likeness (QED) is 0.838. The van der Waals surface area contributed by atoms with Gasteiger partial charge in [0, 0.05) is 11.7 Å². The SMILES string of the molecule is CC(C)[C@H](C)NC(=O)C[NH+]1CCN(c2cccc(C(F)(F)F)c2)CC1. The first-order valence-electron chi connectivity index (χ1n) is 8.72. The summed E-state index contributed by atoms with van der Waals surface area (Å²) in [6.07, 6.45) is -4.33. The number of halogens is 3. The number of nitrogens with zero attached hydrogens (tertiary/aromatic N) is 1. The topological polar surface area (TPSA) is 36.8 Å². The molecule has 1 atom stereocenters. The number of carbonyl (C=O) groups is 1. The Hall–Kier alpha value is -1.76. The molecule has 0 aliphatic carbocycles. The third-order valence-corrected chi connectivity index (χ3v) is 4.81. The van der Waals surface area contributed by atoms with Crippen molar-refractivity contribution in [2.45, 2.75) is 33.0 Å². The van der Waals surface area contributed by atoms with Crippen molar-refractivity contribution in [2.24, 2.45) is 5.92 Å². The lowest BCUT2D eigenvalue weighted by Gasteiger charge is -2.33. The molecule has 1 fully saturated rings. The third kappa shape index (κ3) is 5.63. The van der Waals surface area contributed by atoms with E-state index in [9.17, 15) is 18.0 Å². The van der Waals surface area contributed by atoms with E-state index in [1.165, 1.54) is 12.1 Å². The standard InChI is InChI=1S/C18H26F3N3O/c1-13(2)14(3)22-17(25)12-23-7-9-24(10-8-23)16-6-4-5-15(11-16)18(19,20)21/h4-6,11,13-14H,7-10,12H2,1-3H3,(H,22,25)/p+1/t14-/m0/s1. The fourth-order valence-corrected chi connectivity index (χ4v) is 2.84. The Morgan fingerprint density at radius 3 is 2.44 bits per heavy atom. The van der Waals surface area contributed by atoms with E-state index in [1.807, 2.05) is 11.8 Å². The first kappa shape index (κ1) is 19.6. The number of piperazine rings is 1. The van der Waals surface area contributed by atoms with Crippen LogP contribution in [0.3, 0.4) is 0 Å². The molecule has 0 radical (unpaired) electrons. The third-order valence-electron chi connectivity index (χ3n) is 4.81. The molecular formula is C18H27F3N3O+. The summed E-state index contributed by atoms with van der Waals surface area (Å²) in [6.45, 7) is 9.28. The van der Waals surface area contributed by atoms with E-state index in [4.69, 9.17) is 0 Å². The van der Waals surface area contributed by atoms with Crippen molar-refractivity contribution >= 4 is 11.6 Å². The molecule has 1 aliphatic heterocycles. The highest BCUT2D eigenvalue weighted by Gasteiger charge is 2.31. The molecule has 140 valence electrons. The maximum Gasteiger partial charge on any atom is 0.416 e. The number of nitrogens with one attached hydrogen (secondary N) is 2. The smallest absolute Gasteiger partial charge is 0.360 e. The molecule has 1 aliphatic rings. The average molecular weight is 358 g/mol. The van der Waals surface area contributed by atoms with E-state index < -0.39 is 11.7 Å². The summed E-state index contributed by atoms with van der Waals surface area (Å²) in [5.74, 6) is 0.417. The molecule has 2 rings (SSSR count). The Kier molecular flexibility index (Phi) is 6.32. The van der Waals surface area contributed by atoms with Gasteiger partial charge in [-0.2, -0.15) is 13.2 Å². The van der Waals surface area contributed by atoms with E-state index >= 15 is 0 Å². The number of alkyl halides is 3. The molecule has 0 spiro atoms. The van der Waals surface area contributed by atoms with E-state index in [0.29, 0.717) is 31.2 Å². The van der Waals surface area contributed by atoms with E-state index in [1.54, 1.807) is 6.07 Å². The minimum Gasteiger partial charge on any atom is -0.360 e. The number of hydrogen-bond acceptors (Lipinski definition) is 2. The number of rotatable bonds is 5. The van der Waals surface area contributed by atoms with Crippen LogP contribution in [-0.2, 0) is 11.0 Å². The first-order chi connectivity index (χ1) is 11.7. The lowest BCUT2D eigenvalue weighted by Crippen LogP contribution is -3.16. The molecule has 0 bridgehead atoms. The molecule has 4 nitrogen and oxygen atoms in total. The highest BCUT2D eigenvalue weighted by molar-refractivity contribution is 5.77. The molecule has 2 N–H and O–H groups in total. The maximum absolute atomic E-state index is 12.8. The lowest BCUT2D eigenvalue weighted by atomic mass is 10.1. The lowest BCUT2D eigenvalue weighted by molar-refractivity contribution is -0.892. The second-order valence-electron chi connectivity index (χ2n) is 7.06. The second-order valence-corrected chi connectivity index (χ2v) is 7.06. The minimum absolute atomic E-state index is 0.0312. The monoisotopic (exact) mass is 358 g/mol. The van der Waals surface area contributed by atoms with Gasteiger partial charge in [0.05, 0.1) is 31.7 Å². The molecule has 0 saturated carbocycles. The van der Waals surface area contributed by atoms with Gasteiger partial charge in [0.1, 0.15) is 0 Å². The molecule has 1 heterocycles. The van der Waals surface area contributed by atoms with Crippen LogP contribution in [0, 0.1) is 5.92 Å². The summed E-state index contributed by atoms with van der Waals surface area (Å²) < 4.78 is 38.5. The summed E-state index contributed by atoms with van der Waals surface area (Å²) in [5.41, 5.74) is -0.0337. The van der Waals surface area contributed by atoms with E-state index in [2.05, 4.69) is 19.2 Å². The van der Waals surface area contributed by atoms with Gasteiger partial charge in [0.2, 0.25) is 0 Å². The highest BCUT2D eigenvalue weighted by Crippen LogP contribution is 2.31. The van der Waals surface area contributed by atoms with E-state index in [-0.39, 0.29) is 11.9 Å². The number of anilines is 1. The zero-order chi connectivity index (χ0) is 18.6. The van der Waals surface area contributed by atoms with Gasteiger partial charge in [0.25, 0.3) is 5.91 Å². The zero-order valence-electron chi connectivity index (χ0n) is 15.0. The van der Waals surface area contributed by atoms with Crippen LogP contribution in [0.5, 0.6) is 0 Å². The van der Waals surface area contributed by atoms with Gasteiger partial charge in [-0.1, -0.05) is 19.9 Å².